The first-order chi connectivity index (χ1) is 8.70. The minimum Gasteiger partial charge on any atom is -0.330 e. The highest BCUT2D eigenvalue weighted by Crippen LogP contribution is 2.26. The molecule has 1 heterocycles. The Kier molecular flexibility index (Phi) is 5.22. The van der Waals surface area contributed by atoms with E-state index in [0.29, 0.717) is 5.92 Å². The van der Waals surface area contributed by atoms with Crippen molar-refractivity contribution < 1.29 is 0 Å². The maximum atomic E-state index is 5.63. The van der Waals surface area contributed by atoms with Crippen molar-refractivity contribution in [3.05, 3.63) is 33.8 Å². The smallest absolute Gasteiger partial charge is 0.0244 e. The van der Waals surface area contributed by atoms with Gasteiger partial charge in [-0.15, -0.1) is 0 Å². The Morgan fingerprint density at radius 3 is 2.67 bits per heavy atom. The summed E-state index contributed by atoms with van der Waals surface area (Å²) < 4.78 is 1.25. The van der Waals surface area contributed by atoms with Gasteiger partial charge < -0.3 is 5.73 Å². The van der Waals surface area contributed by atoms with Crippen LogP contribution in [-0.4, -0.2) is 24.5 Å². The maximum Gasteiger partial charge on any atom is 0.0244 e. The molecule has 0 radical (unpaired) electrons. The molecule has 1 aromatic carbocycles. The molecular formula is C15H23BrN2. The third kappa shape index (κ3) is 3.56. The second-order valence-electron chi connectivity index (χ2n) is 5.31. The van der Waals surface area contributed by atoms with Gasteiger partial charge in [0.05, 0.1) is 0 Å². The molecule has 0 aromatic heterocycles. The normalized spacial score (nSPS) is 18.2. The van der Waals surface area contributed by atoms with Gasteiger partial charge >= 0.3 is 0 Å². The summed E-state index contributed by atoms with van der Waals surface area (Å²) in [6.45, 7) is 6.57. The lowest BCUT2D eigenvalue weighted by Gasteiger charge is -2.17. The molecule has 0 aliphatic carbocycles. The van der Waals surface area contributed by atoms with E-state index >= 15 is 0 Å². The van der Waals surface area contributed by atoms with E-state index in [1.807, 2.05) is 0 Å². The Labute approximate surface area is 119 Å². The lowest BCUT2D eigenvalue weighted by molar-refractivity contribution is 0.331. The molecular weight excluding hydrogens is 288 g/mol. The fourth-order valence-electron chi connectivity index (χ4n) is 2.60. The molecule has 18 heavy (non-hydrogen) atoms. The molecule has 100 valence electrons. The Balaban J connectivity index is 2.04. The molecule has 0 bridgehead atoms. The Bertz CT molecular complexity index is 386. The van der Waals surface area contributed by atoms with Gasteiger partial charge in [-0.3, -0.25) is 4.90 Å². The average Bonchev–Trinajstić information content (AvgIpc) is 2.85. The number of hydrogen-bond donors (Lipinski definition) is 1. The number of rotatable bonds is 5. The predicted octanol–water partition coefficient (Wildman–Crippen LogP) is 3.50. The van der Waals surface area contributed by atoms with Crippen molar-refractivity contribution in [2.75, 3.05) is 19.6 Å². The summed E-state index contributed by atoms with van der Waals surface area (Å²) >= 11 is 3.72. The first-order valence-corrected chi connectivity index (χ1v) is 7.70. The predicted molar refractivity (Wildman–Crippen MR) is 80.7 cm³/mol. The van der Waals surface area contributed by atoms with Crippen LogP contribution in [0.3, 0.4) is 0 Å². The van der Waals surface area contributed by atoms with E-state index < -0.39 is 0 Å². The zero-order valence-corrected chi connectivity index (χ0v) is 12.7. The van der Waals surface area contributed by atoms with Crippen molar-refractivity contribution in [3.63, 3.8) is 0 Å². The number of likely N-dealkylation sites (tertiary alicyclic amines) is 1. The number of nitrogens with zero attached hydrogens (tertiary/aromatic N) is 1. The summed E-state index contributed by atoms with van der Waals surface area (Å²) in [6.07, 6.45) is 3.75. The number of nitrogens with two attached hydrogens (primary N) is 1. The second kappa shape index (κ2) is 6.69. The summed E-state index contributed by atoms with van der Waals surface area (Å²) in [5.74, 6) is 0.548. The summed E-state index contributed by atoms with van der Waals surface area (Å²) in [7, 11) is 0. The van der Waals surface area contributed by atoms with Crippen LogP contribution >= 0.6 is 15.9 Å². The number of halogens is 1. The minimum atomic E-state index is 0.548. The van der Waals surface area contributed by atoms with Gasteiger partial charge in [-0.1, -0.05) is 35.0 Å². The fraction of sp³-hybridized carbons (Fsp3) is 0.600. The molecule has 3 heteroatoms. The van der Waals surface area contributed by atoms with Crippen LogP contribution in [0.5, 0.6) is 0 Å². The minimum absolute atomic E-state index is 0.548. The third-order valence-corrected chi connectivity index (χ3v) is 4.58. The van der Waals surface area contributed by atoms with Crippen LogP contribution in [-0.2, 0) is 6.54 Å². The van der Waals surface area contributed by atoms with Gasteiger partial charge in [0.15, 0.2) is 0 Å². The summed E-state index contributed by atoms with van der Waals surface area (Å²) in [6, 6.07) is 6.80. The quantitative estimate of drug-likeness (QED) is 0.902. The fourth-order valence-corrected chi connectivity index (χ4v) is 3.12. The first-order valence-electron chi connectivity index (χ1n) is 6.91. The van der Waals surface area contributed by atoms with Gasteiger partial charge in [0.2, 0.25) is 0 Å². The first kappa shape index (κ1) is 14.0. The van der Waals surface area contributed by atoms with Crippen LogP contribution in [0.1, 0.15) is 43.2 Å². The average molecular weight is 311 g/mol. The molecule has 1 aliphatic heterocycles. The highest BCUT2D eigenvalue weighted by Gasteiger charge is 2.14. The van der Waals surface area contributed by atoms with Gasteiger partial charge in [-0.05, 0) is 62.0 Å². The van der Waals surface area contributed by atoms with Crippen LogP contribution in [0.2, 0.25) is 0 Å². The molecule has 1 aliphatic rings. The monoisotopic (exact) mass is 310 g/mol. The Hall–Kier alpha value is -0.380. The zero-order chi connectivity index (χ0) is 13.0. The molecule has 0 amide bonds. The van der Waals surface area contributed by atoms with E-state index in [-0.39, 0.29) is 0 Å². The molecule has 0 spiro atoms. The molecule has 0 saturated carbocycles. The molecule has 1 atom stereocenters. The summed E-state index contributed by atoms with van der Waals surface area (Å²) in [5, 5.41) is 0. The van der Waals surface area contributed by atoms with Gasteiger partial charge in [0.25, 0.3) is 0 Å². The van der Waals surface area contributed by atoms with Gasteiger partial charge in [0, 0.05) is 11.0 Å². The van der Waals surface area contributed by atoms with Crippen molar-refractivity contribution in [1.82, 2.24) is 4.90 Å². The Morgan fingerprint density at radius 2 is 2.06 bits per heavy atom. The third-order valence-electron chi connectivity index (χ3n) is 3.84. The van der Waals surface area contributed by atoms with E-state index in [2.05, 4.69) is 46.0 Å². The standard InChI is InChI=1S/C15H23BrN2/c1-12(6-7-17)13-4-5-14(15(16)10-13)11-18-8-2-3-9-18/h4-5,10,12H,2-3,6-9,11,17H2,1H3. The van der Waals surface area contributed by atoms with Crippen molar-refractivity contribution >= 4 is 15.9 Å². The molecule has 1 fully saturated rings. The van der Waals surface area contributed by atoms with E-state index in [1.54, 1.807) is 0 Å². The molecule has 2 nitrogen and oxygen atoms in total. The van der Waals surface area contributed by atoms with E-state index in [4.69, 9.17) is 5.73 Å². The van der Waals surface area contributed by atoms with Crippen molar-refractivity contribution in [2.45, 2.75) is 38.6 Å². The SMILES string of the molecule is CC(CCN)c1ccc(CN2CCCC2)c(Br)c1. The largest absolute Gasteiger partial charge is 0.330 e. The van der Waals surface area contributed by atoms with Crippen LogP contribution in [0.4, 0.5) is 0 Å². The van der Waals surface area contributed by atoms with Crippen molar-refractivity contribution in [1.29, 1.82) is 0 Å². The number of benzene rings is 1. The van der Waals surface area contributed by atoms with Crippen molar-refractivity contribution in [2.24, 2.45) is 5.73 Å². The van der Waals surface area contributed by atoms with Crippen molar-refractivity contribution in [3.8, 4) is 0 Å². The lowest BCUT2D eigenvalue weighted by Crippen LogP contribution is -2.18. The van der Waals surface area contributed by atoms with E-state index in [0.717, 1.165) is 19.5 Å². The zero-order valence-electron chi connectivity index (χ0n) is 11.2. The highest BCUT2D eigenvalue weighted by molar-refractivity contribution is 9.10. The second-order valence-corrected chi connectivity index (χ2v) is 6.17. The maximum absolute atomic E-state index is 5.63. The van der Waals surface area contributed by atoms with Gasteiger partial charge in [-0.2, -0.15) is 0 Å². The molecule has 2 rings (SSSR count). The van der Waals surface area contributed by atoms with Gasteiger partial charge in [-0.25, -0.2) is 0 Å². The van der Waals surface area contributed by atoms with Crippen LogP contribution in [0, 0.1) is 0 Å². The Morgan fingerprint density at radius 1 is 1.33 bits per heavy atom. The highest BCUT2D eigenvalue weighted by atomic mass is 79.9. The lowest BCUT2D eigenvalue weighted by atomic mass is 9.97. The van der Waals surface area contributed by atoms with Gasteiger partial charge in [0.1, 0.15) is 0 Å². The van der Waals surface area contributed by atoms with Crippen LogP contribution in [0.25, 0.3) is 0 Å². The number of hydrogen-bond acceptors (Lipinski definition) is 2. The summed E-state index contributed by atoms with van der Waals surface area (Å²) in [4.78, 5) is 2.53. The van der Waals surface area contributed by atoms with E-state index in [9.17, 15) is 0 Å². The molecule has 1 unspecified atom stereocenters. The molecule has 1 saturated heterocycles. The topological polar surface area (TPSA) is 29.3 Å². The van der Waals surface area contributed by atoms with Crippen LogP contribution < -0.4 is 5.73 Å². The van der Waals surface area contributed by atoms with E-state index in [1.165, 1.54) is 41.5 Å². The van der Waals surface area contributed by atoms with Crippen LogP contribution in [0.15, 0.2) is 22.7 Å². The molecule has 1 aromatic rings. The summed E-state index contributed by atoms with van der Waals surface area (Å²) in [5.41, 5.74) is 8.42. The molecule has 2 N–H and O–H groups in total.